The van der Waals surface area contributed by atoms with Gasteiger partial charge in [-0.25, -0.2) is 0 Å². The van der Waals surface area contributed by atoms with Crippen LogP contribution in [0.3, 0.4) is 0 Å². The summed E-state index contributed by atoms with van der Waals surface area (Å²) in [7, 11) is 0. The fourth-order valence-electron chi connectivity index (χ4n) is 0. The van der Waals surface area contributed by atoms with Crippen LogP contribution in [0.2, 0.25) is 0 Å². The molecule has 0 radical (unpaired) electrons. The summed E-state index contributed by atoms with van der Waals surface area (Å²) in [5.74, 6) is 0. The first-order chi connectivity index (χ1) is 1.91. The van der Waals surface area contributed by atoms with Crippen LogP contribution in [-0.2, 0) is 0 Å². The Hall–Kier alpha value is 1.44. The van der Waals surface area contributed by atoms with E-state index in [0.717, 1.165) is 6.42 Å². The van der Waals surface area contributed by atoms with E-state index >= 15 is 0 Å². The summed E-state index contributed by atoms with van der Waals surface area (Å²) in [5.41, 5.74) is 0. The van der Waals surface area contributed by atoms with E-state index in [1.54, 1.807) is 0 Å². The molecule has 0 aromatic heterocycles. The maximum absolute atomic E-state index is 7.88. The van der Waals surface area contributed by atoms with Crippen LogP contribution in [0.25, 0.3) is 0 Å². The normalized spacial score (nSPS) is 6.00. The van der Waals surface area contributed by atoms with Crippen molar-refractivity contribution in [1.29, 1.82) is 0 Å². The van der Waals surface area contributed by atoms with Gasteiger partial charge in [0.05, 0.1) is 0 Å². The minimum absolute atomic E-state index is 0. The van der Waals surface area contributed by atoms with Crippen LogP contribution in [0, 0.1) is 0 Å². The molecule has 0 rings (SSSR count). The third-order valence-electron chi connectivity index (χ3n) is 0.224. The number of aliphatic hydroxyl groups excluding tert-OH is 1. The molecule has 0 spiro atoms. The molecule has 30 valence electrons. The fourth-order valence-corrected chi connectivity index (χ4v) is 0. The molecule has 0 aliphatic heterocycles. The molecule has 0 unspecified atom stereocenters. The Kier molecular flexibility index (Phi) is 17.5. The molecule has 1 nitrogen and oxygen atoms in total. The number of hydrogen-bond acceptors (Lipinski definition) is 1. The Morgan fingerprint density at radius 2 is 1.80 bits per heavy atom. The third kappa shape index (κ3) is 10.8. The van der Waals surface area contributed by atoms with Gasteiger partial charge in [-0.3, -0.25) is 0 Å². The Bertz CT molecular complexity index is 8.85. The first-order valence-electron chi connectivity index (χ1n) is 1.52. The predicted molar refractivity (Wildman–Crippen MR) is 25.9 cm³/mol. The van der Waals surface area contributed by atoms with E-state index in [9.17, 15) is 0 Å². The van der Waals surface area contributed by atoms with Crippen molar-refractivity contribution in [2.45, 2.75) is 13.3 Å². The average Bonchev–Trinajstić information content (AvgIpc) is 1.37. The van der Waals surface area contributed by atoms with E-state index in [1.165, 1.54) is 0 Å². The quantitative estimate of drug-likeness (QED) is 0.498. The molecule has 0 atom stereocenters. The van der Waals surface area contributed by atoms with Gasteiger partial charge in [0.1, 0.15) is 0 Å². The Morgan fingerprint density at radius 3 is 1.80 bits per heavy atom. The van der Waals surface area contributed by atoms with Crippen molar-refractivity contribution >= 4 is 45.5 Å². The molecule has 0 heterocycles. The molecule has 0 aromatic rings. The minimum atomic E-state index is 0. The second-order valence-corrected chi connectivity index (χ2v) is 0.724. The van der Waals surface area contributed by atoms with Crippen LogP contribution in [0.5, 0.6) is 0 Å². The Morgan fingerprint density at radius 1 is 1.60 bits per heavy atom. The molecule has 0 aromatic carbocycles. The standard InChI is InChI=1S/C3H8O.Sr.2H/c1-2-3-4;;;/h4H,2-3H2,1H3;;;. The molecular formula is C3H10OSr. The van der Waals surface area contributed by atoms with Gasteiger partial charge >= 0.3 is 45.5 Å². The molecule has 0 aliphatic rings. The summed E-state index contributed by atoms with van der Waals surface area (Å²) < 4.78 is 0. The molecule has 0 aliphatic carbocycles. The SMILES string of the molecule is CCCO.[SrH2]. The summed E-state index contributed by atoms with van der Waals surface area (Å²) in [4.78, 5) is 0. The molecule has 0 saturated heterocycles. The predicted octanol–water partition coefficient (Wildman–Crippen LogP) is -0.528. The Balaban J connectivity index is 0. The van der Waals surface area contributed by atoms with Crippen molar-refractivity contribution in [1.82, 2.24) is 0 Å². The second kappa shape index (κ2) is 9.06. The van der Waals surface area contributed by atoms with Gasteiger partial charge < -0.3 is 5.11 Å². The molecule has 0 amide bonds. The molecule has 0 bridgehead atoms. The maximum atomic E-state index is 7.88. The summed E-state index contributed by atoms with van der Waals surface area (Å²) in [6.07, 6.45) is 0.875. The van der Waals surface area contributed by atoms with Crippen LogP contribution in [0.15, 0.2) is 0 Å². The van der Waals surface area contributed by atoms with E-state index in [2.05, 4.69) is 0 Å². The molecule has 5 heavy (non-hydrogen) atoms. The fraction of sp³-hybridized carbons (Fsp3) is 1.00. The molecular weight excluding hydrogens is 140 g/mol. The van der Waals surface area contributed by atoms with Crippen molar-refractivity contribution in [3.05, 3.63) is 0 Å². The third-order valence-corrected chi connectivity index (χ3v) is 0.224. The topological polar surface area (TPSA) is 20.2 Å². The molecule has 1 N–H and O–H groups in total. The monoisotopic (exact) mass is 150 g/mol. The van der Waals surface area contributed by atoms with Crippen molar-refractivity contribution in [2.75, 3.05) is 6.61 Å². The van der Waals surface area contributed by atoms with Crippen molar-refractivity contribution in [3.8, 4) is 0 Å². The zero-order chi connectivity index (χ0) is 3.41. The second-order valence-electron chi connectivity index (χ2n) is 0.724. The average molecular weight is 150 g/mol. The van der Waals surface area contributed by atoms with Crippen LogP contribution in [-0.4, -0.2) is 57.2 Å². The number of hydrogen-bond donors (Lipinski definition) is 1. The number of rotatable bonds is 1. The van der Waals surface area contributed by atoms with Crippen LogP contribution in [0.4, 0.5) is 0 Å². The van der Waals surface area contributed by atoms with Gasteiger partial charge in [-0.05, 0) is 6.42 Å². The summed E-state index contributed by atoms with van der Waals surface area (Å²) in [5, 5.41) is 7.88. The van der Waals surface area contributed by atoms with Crippen molar-refractivity contribution in [3.63, 3.8) is 0 Å². The van der Waals surface area contributed by atoms with Crippen LogP contribution in [0.1, 0.15) is 13.3 Å². The van der Waals surface area contributed by atoms with Crippen LogP contribution >= 0.6 is 0 Å². The summed E-state index contributed by atoms with van der Waals surface area (Å²) in [6.45, 7) is 2.25. The van der Waals surface area contributed by atoms with Crippen LogP contribution < -0.4 is 0 Å². The van der Waals surface area contributed by atoms with E-state index in [0.29, 0.717) is 6.61 Å². The van der Waals surface area contributed by atoms with Gasteiger partial charge in [0.15, 0.2) is 0 Å². The molecule has 0 saturated carbocycles. The van der Waals surface area contributed by atoms with E-state index in [-0.39, 0.29) is 45.5 Å². The molecule has 2 heteroatoms. The zero-order valence-corrected chi connectivity index (χ0v) is 2.86. The number of aliphatic hydroxyl groups is 1. The van der Waals surface area contributed by atoms with E-state index in [4.69, 9.17) is 5.11 Å². The first-order valence-corrected chi connectivity index (χ1v) is 1.52. The van der Waals surface area contributed by atoms with Crippen molar-refractivity contribution < 1.29 is 5.11 Å². The van der Waals surface area contributed by atoms with Gasteiger partial charge in [-0.1, -0.05) is 6.92 Å². The van der Waals surface area contributed by atoms with Crippen molar-refractivity contribution in [2.24, 2.45) is 0 Å². The molecule has 0 fully saturated rings. The van der Waals surface area contributed by atoms with E-state index in [1.807, 2.05) is 6.92 Å². The van der Waals surface area contributed by atoms with Gasteiger partial charge in [0, 0.05) is 6.61 Å². The summed E-state index contributed by atoms with van der Waals surface area (Å²) in [6, 6.07) is 0. The van der Waals surface area contributed by atoms with Gasteiger partial charge in [-0.15, -0.1) is 0 Å². The Labute approximate surface area is 69.7 Å². The first kappa shape index (κ1) is 9.67. The zero-order valence-electron chi connectivity index (χ0n) is 2.86. The summed E-state index contributed by atoms with van der Waals surface area (Å²) >= 11 is 0. The van der Waals surface area contributed by atoms with E-state index < -0.39 is 0 Å². The van der Waals surface area contributed by atoms with Gasteiger partial charge in [0.2, 0.25) is 0 Å². The van der Waals surface area contributed by atoms with Gasteiger partial charge in [-0.2, -0.15) is 0 Å². The van der Waals surface area contributed by atoms with Gasteiger partial charge in [0.25, 0.3) is 0 Å².